The lowest BCUT2D eigenvalue weighted by molar-refractivity contribution is -0.120. The molecule has 2 aliphatic rings. The van der Waals surface area contributed by atoms with Crippen molar-refractivity contribution in [2.45, 2.75) is 26.2 Å². The fourth-order valence-corrected chi connectivity index (χ4v) is 3.34. The first-order chi connectivity index (χ1) is 11.1. The van der Waals surface area contributed by atoms with Crippen LogP contribution in [0.4, 0.5) is 5.69 Å². The van der Waals surface area contributed by atoms with Crippen molar-refractivity contribution in [3.63, 3.8) is 0 Å². The van der Waals surface area contributed by atoms with Crippen LogP contribution in [0, 0.1) is 18.8 Å². The van der Waals surface area contributed by atoms with E-state index in [-0.39, 0.29) is 5.91 Å². The number of carbonyl (C=O) groups is 1. The molecule has 3 rings (SSSR count). The summed E-state index contributed by atoms with van der Waals surface area (Å²) in [5.41, 5.74) is 2.47. The third-order valence-electron chi connectivity index (χ3n) is 4.80. The number of nitrogens with one attached hydrogen (secondary N) is 2. The van der Waals surface area contributed by atoms with E-state index < -0.39 is 0 Å². The van der Waals surface area contributed by atoms with Gasteiger partial charge in [-0.3, -0.25) is 4.79 Å². The zero-order chi connectivity index (χ0) is 16.2. The van der Waals surface area contributed by atoms with E-state index in [2.05, 4.69) is 28.5 Å². The van der Waals surface area contributed by atoms with Gasteiger partial charge in [0.1, 0.15) is 0 Å². The van der Waals surface area contributed by atoms with Crippen molar-refractivity contribution in [3.8, 4) is 0 Å². The van der Waals surface area contributed by atoms with Crippen molar-refractivity contribution < 1.29 is 4.79 Å². The third kappa shape index (κ3) is 4.85. The zero-order valence-electron chi connectivity index (χ0n) is 13.8. The summed E-state index contributed by atoms with van der Waals surface area (Å²) in [5, 5.41) is 7.08. The first-order valence-corrected chi connectivity index (χ1v) is 8.98. The van der Waals surface area contributed by atoms with Gasteiger partial charge in [-0.2, -0.15) is 0 Å². The molecule has 1 unspecified atom stereocenters. The number of nitrogens with zero attached hydrogens (tertiary/aromatic N) is 1. The van der Waals surface area contributed by atoms with Gasteiger partial charge in [0.2, 0.25) is 5.91 Å². The summed E-state index contributed by atoms with van der Waals surface area (Å²) >= 11 is 6.12. The zero-order valence-corrected chi connectivity index (χ0v) is 14.5. The normalized spacial score (nSPS) is 20.8. The minimum absolute atomic E-state index is 0.114. The topological polar surface area (TPSA) is 44.4 Å². The standard InChI is InChI=1S/C18H26ClN3O/c1-13-2-5-16(19)8-17(13)22-7-6-15(12-22)10-21-18(23)11-20-9-14-3-4-14/h2,5,8,14-15,20H,3-4,6-7,9-12H2,1H3,(H,21,23). The van der Waals surface area contributed by atoms with Crippen LogP contribution in [0.1, 0.15) is 24.8 Å². The molecule has 1 heterocycles. The second-order valence-corrected chi connectivity index (χ2v) is 7.35. The van der Waals surface area contributed by atoms with Gasteiger partial charge >= 0.3 is 0 Å². The molecule has 1 saturated carbocycles. The maximum absolute atomic E-state index is 11.8. The first-order valence-electron chi connectivity index (χ1n) is 8.60. The number of anilines is 1. The molecule has 1 aliphatic carbocycles. The lowest BCUT2D eigenvalue weighted by atomic mass is 10.1. The molecule has 1 aromatic carbocycles. The van der Waals surface area contributed by atoms with Crippen LogP contribution in [-0.2, 0) is 4.79 Å². The Hall–Kier alpha value is -1.26. The van der Waals surface area contributed by atoms with Gasteiger partial charge in [-0.1, -0.05) is 17.7 Å². The van der Waals surface area contributed by atoms with Crippen LogP contribution in [-0.4, -0.2) is 38.6 Å². The minimum atomic E-state index is 0.114. The molecule has 1 aromatic rings. The molecule has 1 amide bonds. The van der Waals surface area contributed by atoms with Gasteiger partial charge in [-0.05, 0) is 62.3 Å². The monoisotopic (exact) mass is 335 g/mol. The van der Waals surface area contributed by atoms with Crippen molar-refractivity contribution in [2.75, 3.05) is 37.6 Å². The van der Waals surface area contributed by atoms with Crippen LogP contribution >= 0.6 is 11.6 Å². The Balaban J connectivity index is 1.40. The molecule has 1 saturated heterocycles. The molecule has 0 radical (unpaired) electrons. The van der Waals surface area contributed by atoms with E-state index in [9.17, 15) is 4.79 Å². The van der Waals surface area contributed by atoms with Gasteiger partial charge in [-0.15, -0.1) is 0 Å². The van der Waals surface area contributed by atoms with Gasteiger partial charge in [-0.25, -0.2) is 0 Å². The van der Waals surface area contributed by atoms with Crippen molar-refractivity contribution >= 4 is 23.2 Å². The summed E-state index contributed by atoms with van der Waals surface area (Å²) in [7, 11) is 0. The van der Waals surface area contributed by atoms with Crippen LogP contribution < -0.4 is 15.5 Å². The Bertz CT molecular complexity index is 559. The fraction of sp³-hybridized carbons (Fsp3) is 0.611. The lowest BCUT2D eigenvalue weighted by Crippen LogP contribution is -2.37. The number of amides is 1. The minimum Gasteiger partial charge on any atom is -0.371 e. The number of aryl methyl sites for hydroxylation is 1. The maximum atomic E-state index is 11.8. The number of halogens is 1. The number of benzene rings is 1. The van der Waals surface area contributed by atoms with E-state index in [1.54, 1.807) is 0 Å². The van der Waals surface area contributed by atoms with Crippen LogP contribution in [0.2, 0.25) is 5.02 Å². The van der Waals surface area contributed by atoms with Gasteiger partial charge in [0.05, 0.1) is 6.54 Å². The molecule has 0 bridgehead atoms. The second kappa shape index (κ2) is 7.54. The number of hydrogen-bond acceptors (Lipinski definition) is 3. The highest BCUT2D eigenvalue weighted by Crippen LogP contribution is 2.29. The molecule has 5 heteroatoms. The highest BCUT2D eigenvalue weighted by Gasteiger charge is 2.24. The molecule has 4 nitrogen and oxygen atoms in total. The Kier molecular flexibility index (Phi) is 5.44. The quantitative estimate of drug-likeness (QED) is 0.805. The highest BCUT2D eigenvalue weighted by atomic mass is 35.5. The SMILES string of the molecule is Cc1ccc(Cl)cc1N1CCC(CNC(=O)CNCC2CC2)C1. The summed E-state index contributed by atoms with van der Waals surface area (Å²) in [6, 6.07) is 6.04. The number of hydrogen-bond donors (Lipinski definition) is 2. The molecular formula is C18H26ClN3O. The molecule has 1 atom stereocenters. The molecular weight excluding hydrogens is 310 g/mol. The molecule has 2 fully saturated rings. The largest absolute Gasteiger partial charge is 0.371 e. The average Bonchev–Trinajstić information content (AvgIpc) is 3.23. The van der Waals surface area contributed by atoms with Gasteiger partial charge in [0.15, 0.2) is 0 Å². The van der Waals surface area contributed by atoms with E-state index >= 15 is 0 Å². The number of rotatable bonds is 7. The van der Waals surface area contributed by atoms with Crippen molar-refractivity contribution in [1.29, 1.82) is 0 Å². The van der Waals surface area contributed by atoms with Gasteiger partial charge in [0, 0.05) is 30.3 Å². The average molecular weight is 336 g/mol. The summed E-state index contributed by atoms with van der Waals surface area (Å²) in [4.78, 5) is 14.2. The molecule has 0 aromatic heterocycles. The molecule has 126 valence electrons. The van der Waals surface area contributed by atoms with E-state index in [1.165, 1.54) is 24.1 Å². The Morgan fingerprint density at radius 3 is 2.87 bits per heavy atom. The smallest absolute Gasteiger partial charge is 0.233 e. The van der Waals surface area contributed by atoms with E-state index in [0.717, 1.165) is 43.5 Å². The molecule has 23 heavy (non-hydrogen) atoms. The van der Waals surface area contributed by atoms with E-state index in [1.807, 2.05) is 12.1 Å². The van der Waals surface area contributed by atoms with Crippen LogP contribution in [0.15, 0.2) is 18.2 Å². The van der Waals surface area contributed by atoms with Crippen molar-refractivity contribution in [3.05, 3.63) is 28.8 Å². The summed E-state index contributed by atoms with van der Waals surface area (Å²) in [5.74, 6) is 1.44. The lowest BCUT2D eigenvalue weighted by Gasteiger charge is -2.21. The van der Waals surface area contributed by atoms with Crippen molar-refractivity contribution in [2.24, 2.45) is 11.8 Å². The summed E-state index contributed by atoms with van der Waals surface area (Å²) in [6.45, 7) is 6.32. The predicted molar refractivity (Wildman–Crippen MR) is 95.1 cm³/mol. The Morgan fingerprint density at radius 2 is 2.09 bits per heavy atom. The van der Waals surface area contributed by atoms with E-state index in [0.29, 0.717) is 12.5 Å². The highest BCUT2D eigenvalue weighted by molar-refractivity contribution is 6.30. The Morgan fingerprint density at radius 1 is 1.26 bits per heavy atom. The van der Waals surface area contributed by atoms with Crippen LogP contribution in [0.25, 0.3) is 0 Å². The van der Waals surface area contributed by atoms with Gasteiger partial charge < -0.3 is 15.5 Å². The summed E-state index contributed by atoms with van der Waals surface area (Å²) < 4.78 is 0. The van der Waals surface area contributed by atoms with Crippen LogP contribution in [0.3, 0.4) is 0 Å². The number of carbonyl (C=O) groups excluding carboxylic acids is 1. The Labute approximate surface area is 143 Å². The first kappa shape index (κ1) is 16.6. The third-order valence-corrected chi connectivity index (χ3v) is 5.04. The van der Waals surface area contributed by atoms with Gasteiger partial charge in [0.25, 0.3) is 0 Å². The summed E-state index contributed by atoms with van der Waals surface area (Å²) in [6.07, 6.45) is 3.74. The van der Waals surface area contributed by atoms with Crippen molar-refractivity contribution in [1.82, 2.24) is 10.6 Å². The predicted octanol–water partition coefficient (Wildman–Crippen LogP) is 2.59. The fourth-order valence-electron chi connectivity index (χ4n) is 3.17. The van der Waals surface area contributed by atoms with E-state index in [4.69, 9.17) is 11.6 Å². The maximum Gasteiger partial charge on any atom is 0.233 e. The van der Waals surface area contributed by atoms with Crippen LogP contribution in [0.5, 0.6) is 0 Å². The molecule has 2 N–H and O–H groups in total. The molecule has 0 spiro atoms. The second-order valence-electron chi connectivity index (χ2n) is 6.91. The molecule has 1 aliphatic heterocycles.